The van der Waals surface area contributed by atoms with E-state index in [1.165, 1.54) is 30.5 Å². The predicted molar refractivity (Wildman–Crippen MR) is 210 cm³/mol. The van der Waals surface area contributed by atoms with E-state index in [0.717, 1.165) is 49.9 Å². The molecule has 0 aliphatic heterocycles. The van der Waals surface area contributed by atoms with Gasteiger partial charge in [0.15, 0.2) is 9.84 Å². The molecule has 1 atom stereocenters. The van der Waals surface area contributed by atoms with Gasteiger partial charge < -0.3 is 0 Å². The van der Waals surface area contributed by atoms with Crippen molar-refractivity contribution in [2.45, 2.75) is 9.79 Å². The zero-order valence-electron chi connectivity index (χ0n) is 29.5. The fourth-order valence-electron chi connectivity index (χ4n) is 5.75. The molecule has 274 valence electrons. The van der Waals surface area contributed by atoms with Gasteiger partial charge >= 0.3 is 0 Å². The number of benzene rings is 4. The number of rotatable bonds is 8. The molecular weight excluding hydrogens is 739 g/mol. The lowest BCUT2D eigenvalue weighted by atomic mass is 10.1. The summed E-state index contributed by atoms with van der Waals surface area (Å²) in [5, 5.41) is 9.40. The first-order valence-corrected chi connectivity index (χ1v) is 20.3. The lowest BCUT2D eigenvalue weighted by Crippen LogP contribution is -1.99. The number of sulfone groups is 1. The van der Waals surface area contributed by atoms with Gasteiger partial charge in [0, 0.05) is 75.2 Å². The van der Waals surface area contributed by atoms with Crippen molar-refractivity contribution in [2.75, 3.05) is 12.5 Å². The number of aromatic nitrogens is 6. The highest BCUT2D eigenvalue weighted by molar-refractivity contribution is 7.90. The van der Waals surface area contributed by atoms with Crippen molar-refractivity contribution in [2.24, 2.45) is 0 Å². The van der Waals surface area contributed by atoms with Crippen molar-refractivity contribution in [1.82, 2.24) is 29.5 Å². The average Bonchev–Trinajstić information content (AvgIpc) is 3.86. The molecule has 55 heavy (non-hydrogen) atoms. The molecule has 8 rings (SSSR count). The Morgan fingerprint density at radius 3 is 1.27 bits per heavy atom. The highest BCUT2D eigenvalue weighted by Crippen LogP contribution is 2.31. The zero-order valence-corrected chi connectivity index (χ0v) is 31.1. The minimum Gasteiger partial charge on any atom is -0.265 e. The summed E-state index contributed by atoms with van der Waals surface area (Å²) in [5.74, 6) is -0.613. The summed E-state index contributed by atoms with van der Waals surface area (Å²) >= 11 is 0. The number of pyridine rings is 2. The number of hydrogen-bond acceptors (Lipinski definition) is 7. The third-order valence-electron chi connectivity index (χ3n) is 8.57. The van der Waals surface area contributed by atoms with E-state index in [4.69, 9.17) is 5.10 Å². The second-order valence-electron chi connectivity index (χ2n) is 12.4. The smallest absolute Gasteiger partial charge is 0.175 e. The van der Waals surface area contributed by atoms with Crippen LogP contribution in [0.4, 0.5) is 8.78 Å². The van der Waals surface area contributed by atoms with Crippen molar-refractivity contribution in [3.8, 4) is 56.4 Å². The Hall–Kier alpha value is -6.44. The molecule has 1 unspecified atom stereocenters. The first-order valence-electron chi connectivity index (χ1n) is 16.8. The van der Waals surface area contributed by atoms with Crippen LogP contribution < -0.4 is 0 Å². The molecule has 0 saturated heterocycles. The Morgan fingerprint density at radius 1 is 0.527 bits per heavy atom. The quantitative estimate of drug-likeness (QED) is 0.152. The number of halogens is 2. The van der Waals surface area contributed by atoms with E-state index >= 15 is 0 Å². The molecule has 0 amide bonds. The van der Waals surface area contributed by atoms with Crippen LogP contribution >= 0.6 is 0 Å². The minimum atomic E-state index is -3.26. The van der Waals surface area contributed by atoms with Gasteiger partial charge in [-0.2, -0.15) is 10.2 Å². The van der Waals surface area contributed by atoms with Gasteiger partial charge in [-0.05, 0) is 109 Å². The lowest BCUT2D eigenvalue weighted by Gasteiger charge is -2.07. The van der Waals surface area contributed by atoms with Crippen LogP contribution in [0.25, 0.3) is 56.4 Å². The molecule has 0 spiro atoms. The summed E-state index contributed by atoms with van der Waals surface area (Å²) < 4.78 is 65.2. The molecule has 0 aliphatic carbocycles. The van der Waals surface area contributed by atoms with E-state index in [1.807, 2.05) is 60.7 Å². The van der Waals surface area contributed by atoms with Gasteiger partial charge in [0.25, 0.3) is 0 Å². The SMILES string of the molecule is CS(=O)(=O)c1ccc(-c2cc(-c3ccncc3)n(-c3ccc(F)cc3)n2)cc1.CS(=O)c1ccc(-c2cc(-c3ccncc3)n(-c3ccc(F)cc3)n2)cc1. The van der Waals surface area contributed by atoms with E-state index in [0.29, 0.717) is 11.4 Å². The maximum absolute atomic E-state index is 13.3. The molecule has 13 heteroatoms. The molecule has 0 fully saturated rings. The summed E-state index contributed by atoms with van der Waals surface area (Å²) in [6.07, 6.45) is 9.66. The van der Waals surface area contributed by atoms with Crippen LogP contribution in [-0.4, -0.2) is 54.7 Å². The third kappa shape index (κ3) is 8.53. The van der Waals surface area contributed by atoms with Crippen molar-refractivity contribution in [1.29, 1.82) is 0 Å². The van der Waals surface area contributed by atoms with Crippen molar-refractivity contribution in [3.05, 3.63) is 170 Å². The molecular formula is C42H32F2N6O3S2. The molecule has 0 saturated carbocycles. The summed E-state index contributed by atoms with van der Waals surface area (Å²) in [5.41, 5.74) is 8.19. The normalized spacial score (nSPS) is 11.8. The van der Waals surface area contributed by atoms with Gasteiger partial charge in [-0.3, -0.25) is 14.2 Å². The van der Waals surface area contributed by atoms with Crippen LogP contribution in [0, 0.1) is 11.6 Å². The topological polar surface area (TPSA) is 113 Å². The molecule has 8 aromatic rings. The first kappa shape index (κ1) is 36.9. The Kier molecular flexibility index (Phi) is 10.7. The number of nitrogens with zero attached hydrogens (tertiary/aromatic N) is 6. The van der Waals surface area contributed by atoms with Crippen molar-refractivity contribution in [3.63, 3.8) is 0 Å². The Balaban J connectivity index is 0.000000169. The molecule has 4 aromatic carbocycles. The number of hydrogen-bond donors (Lipinski definition) is 0. The standard InChI is InChI=1S/C21H16FN3O2S.C21H16FN3OS/c1-28(26,27)19-8-2-15(3-9-19)20-14-21(16-10-12-23-13-11-16)25(24-20)18-6-4-17(22)5-7-18;1-27(26)19-8-2-15(3-9-19)20-14-21(16-10-12-23-13-11-16)25(24-20)18-6-4-17(22)5-7-18/h2-14H,1H3;2-14H,1H3. The van der Waals surface area contributed by atoms with E-state index in [9.17, 15) is 21.4 Å². The maximum atomic E-state index is 13.3. The third-order valence-corrected chi connectivity index (χ3v) is 10.6. The lowest BCUT2D eigenvalue weighted by molar-refractivity contribution is 0.602. The molecule has 9 nitrogen and oxygen atoms in total. The summed E-state index contributed by atoms with van der Waals surface area (Å²) in [7, 11) is -4.29. The Morgan fingerprint density at radius 2 is 0.909 bits per heavy atom. The van der Waals surface area contributed by atoms with E-state index in [2.05, 4.69) is 15.1 Å². The van der Waals surface area contributed by atoms with Gasteiger partial charge in [0.05, 0.1) is 39.0 Å². The Labute approximate surface area is 319 Å². The van der Waals surface area contributed by atoms with Gasteiger partial charge in [-0.15, -0.1) is 0 Å². The van der Waals surface area contributed by atoms with Crippen molar-refractivity contribution >= 4 is 20.6 Å². The summed E-state index contributed by atoms with van der Waals surface area (Å²) in [4.78, 5) is 9.14. The zero-order chi connectivity index (χ0) is 38.5. The minimum absolute atomic E-state index is 0.253. The van der Waals surface area contributed by atoms with Crippen LogP contribution in [0.5, 0.6) is 0 Å². The van der Waals surface area contributed by atoms with Crippen molar-refractivity contribution < 1.29 is 21.4 Å². The van der Waals surface area contributed by atoms with Gasteiger partial charge in [-0.25, -0.2) is 26.6 Å². The van der Waals surface area contributed by atoms with E-state index in [-0.39, 0.29) is 16.5 Å². The van der Waals surface area contributed by atoms with Crippen LogP contribution in [0.15, 0.2) is 168 Å². The first-order chi connectivity index (χ1) is 26.5. The highest BCUT2D eigenvalue weighted by Gasteiger charge is 2.16. The fourth-order valence-corrected chi connectivity index (χ4v) is 6.90. The van der Waals surface area contributed by atoms with Crippen LogP contribution in [-0.2, 0) is 20.6 Å². The molecule has 0 aliphatic rings. The highest BCUT2D eigenvalue weighted by atomic mass is 32.2. The van der Waals surface area contributed by atoms with Crippen LogP contribution in [0.1, 0.15) is 0 Å². The maximum Gasteiger partial charge on any atom is 0.175 e. The fraction of sp³-hybridized carbons (Fsp3) is 0.0476. The van der Waals surface area contributed by atoms with Gasteiger partial charge in [-0.1, -0.05) is 24.3 Å². The average molecular weight is 771 g/mol. The Bertz CT molecular complexity index is 2690. The summed E-state index contributed by atoms with van der Waals surface area (Å²) in [6.45, 7) is 0. The van der Waals surface area contributed by atoms with E-state index < -0.39 is 20.6 Å². The van der Waals surface area contributed by atoms with Crippen LogP contribution in [0.3, 0.4) is 0 Å². The largest absolute Gasteiger partial charge is 0.265 e. The molecule has 0 bridgehead atoms. The molecule has 4 heterocycles. The predicted octanol–water partition coefficient (Wildman–Crippen LogP) is 8.62. The molecule has 0 radical (unpaired) electrons. The molecule has 0 N–H and O–H groups in total. The van der Waals surface area contributed by atoms with Gasteiger partial charge in [0.2, 0.25) is 0 Å². The monoisotopic (exact) mass is 770 g/mol. The molecule has 4 aromatic heterocycles. The van der Waals surface area contributed by atoms with E-state index in [1.54, 1.807) is 88.9 Å². The summed E-state index contributed by atoms with van der Waals surface area (Å²) in [6, 6.07) is 37.8. The van der Waals surface area contributed by atoms with Crippen LogP contribution in [0.2, 0.25) is 0 Å². The second-order valence-corrected chi connectivity index (χ2v) is 15.7. The van der Waals surface area contributed by atoms with Gasteiger partial charge in [0.1, 0.15) is 11.6 Å². The second kappa shape index (κ2) is 15.9.